The van der Waals surface area contributed by atoms with Crippen molar-refractivity contribution < 1.29 is 35.2 Å². The minimum Gasteiger partial charge on any atom is -0.425 e. The Kier molecular flexibility index (Phi) is 16.0. The summed E-state index contributed by atoms with van der Waals surface area (Å²) in [5, 5.41) is 51.0. The van der Waals surface area contributed by atoms with E-state index in [0.717, 1.165) is 18.2 Å². The molecular formula is C37H46N10O11. The Labute approximate surface area is 330 Å². The molecular weight excluding hydrogens is 760 g/mol. The Balaban J connectivity index is 1.36. The quantitative estimate of drug-likeness (QED) is 0.0333. The van der Waals surface area contributed by atoms with E-state index in [1.54, 1.807) is 0 Å². The zero-order chi connectivity index (χ0) is 42.2. The monoisotopic (exact) mass is 806 g/mol. The first kappa shape index (κ1) is 43.6. The molecule has 0 unspecified atom stereocenters. The van der Waals surface area contributed by atoms with Gasteiger partial charge >= 0.3 is 0 Å². The average Bonchev–Trinajstić information content (AvgIpc) is 3.19. The van der Waals surface area contributed by atoms with Crippen LogP contribution in [0.1, 0.15) is 50.0 Å². The molecule has 0 aromatic carbocycles. The Morgan fingerprint density at radius 1 is 0.448 bits per heavy atom. The number of hydrogen-bond acceptors (Lipinski definition) is 14. The summed E-state index contributed by atoms with van der Waals surface area (Å²) in [6.45, 7) is 7.00. The lowest BCUT2D eigenvalue weighted by atomic mass is 10.2. The van der Waals surface area contributed by atoms with E-state index in [9.17, 15) is 54.4 Å². The van der Waals surface area contributed by atoms with Gasteiger partial charge in [-0.2, -0.15) is 0 Å². The Hall–Kier alpha value is -7.13. The molecule has 310 valence electrons. The standard InChI is InChI=1S/C37H46N10O11/c1-26(27-8-4-12-31(48)44(27)55)38-16-22-42(23-17-39-35(52)28-9-5-13-32(49)45(28)56)20-2-3-21-43(24-18-40-36(53)29-10-6-14-33(50)46(29)57)25-19-41-37(54)30-11-7-15-34(51)47(30)58/h4-15,38,55-58H,1-3,16-25H2,(H,39,52)(H,40,53)(H,41,54). The number of unbranched alkanes of at least 4 members (excludes halogenated alkanes) is 1. The molecule has 4 aromatic rings. The molecule has 21 heteroatoms. The zero-order valence-corrected chi connectivity index (χ0v) is 31.5. The second kappa shape index (κ2) is 21.2. The van der Waals surface area contributed by atoms with Gasteiger partial charge < -0.3 is 42.1 Å². The fraction of sp³-hybridized carbons (Fsp3) is 0.324. The van der Waals surface area contributed by atoms with Gasteiger partial charge in [-0.1, -0.05) is 30.8 Å². The largest absolute Gasteiger partial charge is 0.425 e. The number of carbonyl (C=O) groups is 3. The van der Waals surface area contributed by atoms with E-state index < -0.39 is 40.0 Å². The summed E-state index contributed by atoms with van der Waals surface area (Å²) in [7, 11) is 0. The SMILES string of the molecule is C=C(NCCN(CCCCN(CCNC(=O)c1cccc(=O)n1O)CCNC(=O)c1cccc(=O)n1O)CCNC(=O)c1cccc(=O)n1O)c1cccc(=O)n1O. The number of carbonyl (C=O) groups excluding carboxylic acids is 3. The molecule has 4 rings (SSSR count). The van der Waals surface area contributed by atoms with Gasteiger partial charge in [-0.3, -0.25) is 43.4 Å². The normalized spacial score (nSPS) is 11.0. The molecule has 0 spiro atoms. The summed E-state index contributed by atoms with van der Waals surface area (Å²) < 4.78 is 1.23. The highest BCUT2D eigenvalue weighted by Crippen LogP contribution is 2.06. The van der Waals surface area contributed by atoms with Crippen molar-refractivity contribution in [3.63, 3.8) is 0 Å². The highest BCUT2D eigenvalue weighted by molar-refractivity contribution is 5.93. The number of rotatable bonds is 22. The van der Waals surface area contributed by atoms with Crippen LogP contribution in [0.15, 0.2) is 98.6 Å². The van der Waals surface area contributed by atoms with Gasteiger partial charge in [-0.05, 0) is 50.2 Å². The fourth-order valence-electron chi connectivity index (χ4n) is 5.72. The van der Waals surface area contributed by atoms with Crippen LogP contribution in [0.25, 0.3) is 5.70 Å². The molecule has 0 fully saturated rings. The molecule has 3 amide bonds. The van der Waals surface area contributed by atoms with Crippen LogP contribution in [0.3, 0.4) is 0 Å². The van der Waals surface area contributed by atoms with Gasteiger partial charge in [-0.15, -0.1) is 18.9 Å². The summed E-state index contributed by atoms with van der Waals surface area (Å²) >= 11 is 0. The molecule has 0 aliphatic rings. The van der Waals surface area contributed by atoms with Gasteiger partial charge in [0.1, 0.15) is 22.8 Å². The summed E-state index contributed by atoms with van der Waals surface area (Å²) in [6, 6.07) is 15.4. The van der Waals surface area contributed by atoms with Gasteiger partial charge in [0.15, 0.2) is 0 Å². The van der Waals surface area contributed by atoms with Crippen molar-refractivity contribution in [3.8, 4) is 0 Å². The molecule has 58 heavy (non-hydrogen) atoms. The molecule has 0 aliphatic carbocycles. The maximum atomic E-state index is 12.7. The molecule has 0 radical (unpaired) electrons. The van der Waals surface area contributed by atoms with Crippen molar-refractivity contribution >= 4 is 23.4 Å². The lowest BCUT2D eigenvalue weighted by molar-refractivity contribution is 0.0872. The third-order valence-corrected chi connectivity index (χ3v) is 8.83. The molecule has 0 atom stereocenters. The van der Waals surface area contributed by atoms with Crippen molar-refractivity contribution in [2.75, 3.05) is 65.4 Å². The Morgan fingerprint density at radius 3 is 1.05 bits per heavy atom. The number of nitrogens with one attached hydrogen (secondary N) is 4. The van der Waals surface area contributed by atoms with Crippen LogP contribution in [-0.2, 0) is 0 Å². The third kappa shape index (κ3) is 12.2. The Morgan fingerprint density at radius 2 is 0.724 bits per heavy atom. The smallest absolute Gasteiger partial charge is 0.283 e. The maximum absolute atomic E-state index is 12.7. The Bertz CT molecular complexity index is 2000. The molecule has 8 N–H and O–H groups in total. The number of hydrogen-bond donors (Lipinski definition) is 8. The van der Waals surface area contributed by atoms with Crippen LogP contribution in [-0.4, -0.2) is 133 Å². The van der Waals surface area contributed by atoms with E-state index in [1.807, 2.05) is 9.80 Å². The summed E-state index contributed by atoms with van der Waals surface area (Å²) in [5.41, 5.74) is -3.16. The van der Waals surface area contributed by atoms with Gasteiger partial charge in [0.05, 0.1) is 5.70 Å². The molecule has 21 nitrogen and oxygen atoms in total. The van der Waals surface area contributed by atoms with Crippen molar-refractivity contribution in [2.24, 2.45) is 0 Å². The van der Waals surface area contributed by atoms with Crippen LogP contribution in [0.2, 0.25) is 0 Å². The summed E-state index contributed by atoms with van der Waals surface area (Å²) in [5.74, 6) is -2.02. The van der Waals surface area contributed by atoms with E-state index >= 15 is 0 Å². The molecule has 0 aliphatic heterocycles. The topological polar surface area (TPSA) is 275 Å². The minimum atomic E-state index is -0.770. The number of aromatic nitrogens is 4. The predicted molar refractivity (Wildman–Crippen MR) is 208 cm³/mol. The number of amides is 3. The average molecular weight is 807 g/mol. The minimum absolute atomic E-state index is 0.109. The van der Waals surface area contributed by atoms with Gasteiger partial charge in [-0.25, -0.2) is 0 Å². The molecule has 0 bridgehead atoms. The van der Waals surface area contributed by atoms with Crippen molar-refractivity contribution in [2.45, 2.75) is 12.8 Å². The second-order valence-electron chi connectivity index (χ2n) is 12.8. The first-order chi connectivity index (χ1) is 27.8. The van der Waals surface area contributed by atoms with Crippen LogP contribution in [0.5, 0.6) is 0 Å². The van der Waals surface area contributed by atoms with Crippen molar-refractivity contribution in [1.29, 1.82) is 0 Å². The molecule has 0 saturated heterocycles. The maximum Gasteiger partial charge on any atom is 0.283 e. The lowest BCUT2D eigenvalue weighted by Crippen LogP contribution is -2.42. The van der Waals surface area contributed by atoms with E-state index in [4.69, 9.17) is 0 Å². The highest BCUT2D eigenvalue weighted by Gasteiger charge is 2.16. The van der Waals surface area contributed by atoms with Gasteiger partial charge in [0, 0.05) is 76.6 Å². The van der Waals surface area contributed by atoms with Crippen LogP contribution < -0.4 is 43.5 Å². The zero-order valence-electron chi connectivity index (χ0n) is 31.5. The van der Waals surface area contributed by atoms with Crippen LogP contribution in [0, 0.1) is 0 Å². The number of nitrogens with zero attached hydrogens (tertiary/aromatic N) is 6. The third-order valence-electron chi connectivity index (χ3n) is 8.83. The molecule has 4 heterocycles. The van der Waals surface area contributed by atoms with Gasteiger partial charge in [0.2, 0.25) is 0 Å². The summed E-state index contributed by atoms with van der Waals surface area (Å²) in [4.78, 5) is 89.2. The number of pyridine rings is 4. The molecule has 0 saturated carbocycles. The van der Waals surface area contributed by atoms with Gasteiger partial charge in [0.25, 0.3) is 40.0 Å². The highest BCUT2D eigenvalue weighted by atomic mass is 16.5. The van der Waals surface area contributed by atoms with Crippen LogP contribution in [0.4, 0.5) is 0 Å². The van der Waals surface area contributed by atoms with E-state index in [1.165, 1.54) is 54.6 Å². The van der Waals surface area contributed by atoms with E-state index in [0.29, 0.717) is 69.1 Å². The van der Waals surface area contributed by atoms with E-state index in [-0.39, 0.29) is 56.6 Å². The predicted octanol–water partition coefficient (Wildman–Crippen LogP) is -1.48. The van der Waals surface area contributed by atoms with Crippen molar-refractivity contribution in [3.05, 3.63) is 144 Å². The molecule has 4 aromatic heterocycles. The van der Waals surface area contributed by atoms with Crippen molar-refractivity contribution in [1.82, 2.24) is 50.0 Å². The second-order valence-corrected chi connectivity index (χ2v) is 12.8. The first-order valence-electron chi connectivity index (χ1n) is 18.2. The van der Waals surface area contributed by atoms with E-state index in [2.05, 4.69) is 27.8 Å². The fourth-order valence-corrected chi connectivity index (χ4v) is 5.72. The summed E-state index contributed by atoms with van der Waals surface area (Å²) in [6.07, 6.45) is 1.26. The van der Waals surface area contributed by atoms with Crippen LogP contribution >= 0.6 is 0 Å². The lowest BCUT2D eigenvalue weighted by Gasteiger charge is -2.25. The first-order valence-corrected chi connectivity index (χ1v) is 18.2.